The molecule has 0 heterocycles. The van der Waals surface area contributed by atoms with E-state index in [2.05, 4.69) is 91.8 Å². The number of hydrogen-bond acceptors (Lipinski definition) is 2. The number of benzene rings is 2. The molecule has 2 aromatic rings. The van der Waals surface area contributed by atoms with Gasteiger partial charge in [-0.3, -0.25) is 9.98 Å². The standard InChI is InChI=1S/C26H36N2.Pd/c1-17(2)21-11-9-12-22(18(3)4)25(21)27-15-16-28-26-23(19(5)6)13-10-14-24(26)20(7)8;/h9-20H,1-8H3;. The van der Waals surface area contributed by atoms with Gasteiger partial charge in [0.1, 0.15) is 0 Å². The van der Waals surface area contributed by atoms with Gasteiger partial charge in [-0.1, -0.05) is 91.8 Å². The van der Waals surface area contributed by atoms with Crippen LogP contribution in [-0.2, 0) is 20.4 Å². The number of aliphatic imine (C=N–C) groups is 2. The maximum Gasteiger partial charge on any atom is 0.0699 e. The molecule has 3 heteroatoms. The Balaban J connectivity index is 0.00000420. The predicted molar refractivity (Wildman–Crippen MR) is 126 cm³/mol. The van der Waals surface area contributed by atoms with E-state index < -0.39 is 0 Å². The summed E-state index contributed by atoms with van der Waals surface area (Å²) in [4.78, 5) is 9.68. The van der Waals surface area contributed by atoms with Crippen molar-refractivity contribution in [2.24, 2.45) is 9.98 Å². The second-order valence-electron chi connectivity index (χ2n) is 8.75. The van der Waals surface area contributed by atoms with Gasteiger partial charge in [0.05, 0.1) is 11.4 Å². The molecule has 0 saturated carbocycles. The minimum absolute atomic E-state index is 0. The summed E-state index contributed by atoms with van der Waals surface area (Å²) in [6, 6.07) is 13.0. The zero-order valence-corrected chi connectivity index (χ0v) is 20.7. The van der Waals surface area contributed by atoms with Crippen LogP contribution in [0.5, 0.6) is 0 Å². The van der Waals surface area contributed by atoms with E-state index in [9.17, 15) is 0 Å². The van der Waals surface area contributed by atoms with E-state index in [1.54, 1.807) is 0 Å². The van der Waals surface area contributed by atoms with Crippen LogP contribution in [0.1, 0.15) is 101 Å². The van der Waals surface area contributed by atoms with Crippen LogP contribution in [0.3, 0.4) is 0 Å². The van der Waals surface area contributed by atoms with Gasteiger partial charge in [0, 0.05) is 32.9 Å². The fourth-order valence-electron chi connectivity index (χ4n) is 3.54. The van der Waals surface area contributed by atoms with Crippen molar-refractivity contribution in [2.45, 2.75) is 79.1 Å². The Labute approximate surface area is 191 Å². The summed E-state index contributed by atoms with van der Waals surface area (Å²) in [7, 11) is 0. The minimum Gasteiger partial charge on any atom is -0.255 e. The van der Waals surface area contributed by atoms with E-state index >= 15 is 0 Å². The Morgan fingerprint density at radius 1 is 0.517 bits per heavy atom. The van der Waals surface area contributed by atoms with E-state index in [1.807, 2.05) is 12.4 Å². The summed E-state index contributed by atoms with van der Waals surface area (Å²) in [5.41, 5.74) is 7.37. The van der Waals surface area contributed by atoms with Crippen LogP contribution in [0.15, 0.2) is 46.4 Å². The van der Waals surface area contributed by atoms with Crippen LogP contribution >= 0.6 is 0 Å². The molecular weight excluding hydrogens is 447 g/mol. The molecule has 0 saturated heterocycles. The number of nitrogens with zero attached hydrogens (tertiary/aromatic N) is 2. The fraction of sp³-hybridized carbons (Fsp3) is 0.462. The first-order valence-electron chi connectivity index (χ1n) is 10.6. The van der Waals surface area contributed by atoms with Crippen molar-refractivity contribution in [2.75, 3.05) is 0 Å². The maximum absolute atomic E-state index is 4.84. The molecule has 2 aromatic carbocycles. The molecular formula is C26H36N2Pd. The van der Waals surface area contributed by atoms with Gasteiger partial charge in [0.2, 0.25) is 0 Å². The molecule has 0 aliphatic rings. The Bertz CT molecular complexity index is 722. The van der Waals surface area contributed by atoms with Crippen molar-refractivity contribution < 1.29 is 20.4 Å². The van der Waals surface area contributed by atoms with Crippen LogP contribution in [0.25, 0.3) is 0 Å². The summed E-state index contributed by atoms with van der Waals surface area (Å²) in [5.74, 6) is 1.77. The molecule has 0 unspecified atom stereocenters. The van der Waals surface area contributed by atoms with Crippen molar-refractivity contribution in [3.05, 3.63) is 58.7 Å². The average molecular weight is 483 g/mol. The topological polar surface area (TPSA) is 24.7 Å². The number of hydrogen-bond donors (Lipinski definition) is 0. The summed E-state index contributed by atoms with van der Waals surface area (Å²) < 4.78 is 0. The zero-order chi connectivity index (χ0) is 20.8. The minimum atomic E-state index is 0. The Hall–Kier alpha value is -1.56. The Morgan fingerprint density at radius 2 is 0.759 bits per heavy atom. The second-order valence-corrected chi connectivity index (χ2v) is 8.75. The molecule has 0 bridgehead atoms. The molecule has 2 rings (SSSR count). The van der Waals surface area contributed by atoms with Gasteiger partial charge in [0.15, 0.2) is 0 Å². The molecule has 0 atom stereocenters. The molecule has 0 amide bonds. The van der Waals surface area contributed by atoms with E-state index in [4.69, 9.17) is 9.98 Å². The second kappa shape index (κ2) is 11.6. The van der Waals surface area contributed by atoms with E-state index in [0.717, 1.165) is 11.4 Å². The summed E-state index contributed by atoms with van der Waals surface area (Å²) in [5, 5.41) is 0. The number of rotatable bonds is 7. The third kappa shape index (κ3) is 6.46. The molecule has 0 aliphatic carbocycles. The first-order chi connectivity index (χ1) is 13.2. The molecule has 0 aliphatic heterocycles. The average Bonchev–Trinajstić information content (AvgIpc) is 2.64. The molecule has 0 aromatic heterocycles. The van der Waals surface area contributed by atoms with Gasteiger partial charge >= 0.3 is 0 Å². The first kappa shape index (κ1) is 25.5. The maximum atomic E-state index is 4.84. The predicted octanol–water partition coefficient (Wildman–Crippen LogP) is 8.28. The van der Waals surface area contributed by atoms with Crippen LogP contribution in [0.4, 0.5) is 11.4 Å². The third-order valence-electron chi connectivity index (χ3n) is 5.16. The molecule has 0 fully saturated rings. The molecule has 160 valence electrons. The molecule has 2 nitrogen and oxygen atoms in total. The van der Waals surface area contributed by atoms with Gasteiger partial charge in [-0.05, 0) is 45.9 Å². The van der Waals surface area contributed by atoms with E-state index in [-0.39, 0.29) is 20.4 Å². The van der Waals surface area contributed by atoms with E-state index in [1.165, 1.54) is 22.3 Å². The summed E-state index contributed by atoms with van der Waals surface area (Å²) in [6.07, 6.45) is 3.71. The van der Waals surface area contributed by atoms with Gasteiger partial charge in [-0.15, -0.1) is 0 Å². The van der Waals surface area contributed by atoms with Crippen molar-refractivity contribution in [1.82, 2.24) is 0 Å². The van der Waals surface area contributed by atoms with Crippen LogP contribution in [0.2, 0.25) is 0 Å². The fourth-order valence-corrected chi connectivity index (χ4v) is 3.54. The van der Waals surface area contributed by atoms with E-state index in [0.29, 0.717) is 23.7 Å². The van der Waals surface area contributed by atoms with Gasteiger partial charge in [-0.2, -0.15) is 0 Å². The smallest absolute Gasteiger partial charge is 0.0699 e. The largest absolute Gasteiger partial charge is 0.255 e. The Morgan fingerprint density at radius 3 is 0.966 bits per heavy atom. The van der Waals surface area contributed by atoms with Crippen molar-refractivity contribution >= 4 is 23.8 Å². The molecule has 29 heavy (non-hydrogen) atoms. The third-order valence-corrected chi connectivity index (χ3v) is 5.16. The normalized spacial score (nSPS) is 12.1. The van der Waals surface area contributed by atoms with Gasteiger partial charge in [-0.25, -0.2) is 0 Å². The SMILES string of the molecule is CC(C)c1cccc(C(C)C)c1N=CC=Nc1c(C(C)C)cccc1C(C)C.[Pd]. The van der Waals surface area contributed by atoms with Crippen LogP contribution in [0, 0.1) is 0 Å². The van der Waals surface area contributed by atoms with Gasteiger partial charge < -0.3 is 0 Å². The summed E-state index contributed by atoms with van der Waals surface area (Å²) >= 11 is 0. The van der Waals surface area contributed by atoms with Crippen molar-refractivity contribution in [1.29, 1.82) is 0 Å². The zero-order valence-electron chi connectivity index (χ0n) is 19.1. The Kier molecular flexibility index (Phi) is 10.2. The summed E-state index contributed by atoms with van der Waals surface area (Å²) in [6.45, 7) is 17.8. The van der Waals surface area contributed by atoms with Crippen molar-refractivity contribution in [3.63, 3.8) is 0 Å². The first-order valence-corrected chi connectivity index (χ1v) is 10.6. The molecule has 0 spiro atoms. The monoisotopic (exact) mass is 482 g/mol. The van der Waals surface area contributed by atoms with Crippen LogP contribution in [-0.4, -0.2) is 12.4 Å². The quantitative estimate of drug-likeness (QED) is 0.280. The van der Waals surface area contributed by atoms with Crippen molar-refractivity contribution in [3.8, 4) is 0 Å². The van der Waals surface area contributed by atoms with Gasteiger partial charge in [0.25, 0.3) is 0 Å². The number of para-hydroxylation sites is 2. The van der Waals surface area contributed by atoms with Crippen LogP contribution < -0.4 is 0 Å². The molecule has 0 N–H and O–H groups in total. The molecule has 0 radical (unpaired) electrons.